The predicted molar refractivity (Wildman–Crippen MR) is 150 cm³/mol. The average molecular weight is 281 g/mol. The molecule has 0 aliphatic heterocycles. The topological polar surface area (TPSA) is 0 Å². The highest BCUT2D eigenvalue weighted by molar-refractivity contribution is 8.25. The van der Waals surface area contributed by atoms with Crippen LogP contribution in [0.1, 0.15) is 0 Å². The third-order valence-corrected chi connectivity index (χ3v) is 4.89. The maximum Gasteiger partial charge on any atom is -0.0000000000903 e. The van der Waals surface area contributed by atoms with Crippen LogP contribution in [-0.2, 0) is 0 Å². The van der Waals surface area contributed by atoms with Crippen molar-refractivity contribution in [3.8, 4) is 0 Å². The molecule has 0 fully saturated rings. The van der Waals surface area contributed by atoms with Crippen LogP contribution >= 0.6 is 0 Å². The molecular formula is B26-2. The number of hydrogen-bond acceptors (Lipinski definition) is 0. The lowest BCUT2D eigenvalue weighted by Crippen LogP contribution is -2.86. The normalized spacial score (nSPS) is 9.46. The summed E-state index contributed by atoms with van der Waals surface area (Å²) in [4.78, 5) is 0. The predicted octanol–water partition coefficient (Wildman–Crippen LogP) is -9.90. The molecular weight excluding hydrogens is 281 g/mol. The van der Waals surface area contributed by atoms with Crippen molar-refractivity contribution >= 4 is 185 Å². The fourth-order valence-electron chi connectivity index (χ4n) is 3.85. The first kappa shape index (κ1) is 27.7. The minimum atomic E-state index is -1.02. The van der Waals surface area contributed by atoms with Crippen LogP contribution in [0, 0.1) is 0 Å². The molecule has 0 aromatic heterocycles. The second-order valence-electron chi connectivity index (χ2n) is 6.93. The molecule has 0 aromatic carbocycles. The summed E-state index contributed by atoms with van der Waals surface area (Å²) in [5, 5.41) is 0. The van der Waals surface area contributed by atoms with Gasteiger partial charge in [-0.1, -0.05) is 6.39 Å². The minimum absolute atomic E-state index is 0.760. The van der Waals surface area contributed by atoms with Gasteiger partial charge in [0.2, 0.25) is 0 Å². The smallest absolute Gasteiger partial charge is 0.0000000000903 e. The lowest BCUT2D eigenvalue weighted by molar-refractivity contribution is 3.28. The van der Waals surface area contributed by atoms with Crippen molar-refractivity contribution in [1.82, 2.24) is 0 Å². The van der Waals surface area contributed by atoms with Crippen molar-refractivity contribution in [2.75, 3.05) is 0 Å². The van der Waals surface area contributed by atoms with Crippen molar-refractivity contribution in [3.63, 3.8) is 0 Å². The van der Waals surface area contributed by atoms with Crippen LogP contribution in [-0.4, -0.2) is 185 Å². The lowest BCUT2D eigenvalue weighted by atomic mass is 8.34. The molecule has 0 amide bonds. The zero-order valence-corrected chi connectivity index (χ0v) is 15.0. The van der Waals surface area contributed by atoms with Crippen LogP contribution in [0.15, 0.2) is 0 Å². The second kappa shape index (κ2) is 12.4. The summed E-state index contributed by atoms with van der Waals surface area (Å²) >= 11 is 0. The third-order valence-electron chi connectivity index (χ3n) is 4.89. The van der Waals surface area contributed by atoms with Crippen molar-refractivity contribution in [1.29, 1.82) is 0 Å². The van der Waals surface area contributed by atoms with Gasteiger partial charge in [-0.25, -0.2) is 0 Å². The molecule has 30 radical (unpaired) electrons. The Bertz CT molecular complexity index is 314. The maximum atomic E-state index is 6.02. The Hall–Kier alpha value is 1.69. The highest BCUT2D eigenvalue weighted by Crippen LogP contribution is 2.11. The highest BCUT2D eigenvalue weighted by Gasteiger charge is 2.47. The van der Waals surface area contributed by atoms with E-state index < -0.39 is 76.6 Å². The molecule has 0 N–H and O–H groups in total. The van der Waals surface area contributed by atoms with Crippen LogP contribution in [0.5, 0.6) is 0 Å². The summed E-state index contributed by atoms with van der Waals surface area (Å²) in [5.74, 6) is 0. The van der Waals surface area contributed by atoms with Gasteiger partial charge in [-0.15, -0.1) is 0 Å². The molecule has 0 aliphatic rings. The second-order valence-corrected chi connectivity index (χ2v) is 6.93. The zero-order chi connectivity index (χ0) is 20.9. The van der Waals surface area contributed by atoms with Gasteiger partial charge in [0.05, 0.1) is 0 Å². The largest absolute Gasteiger partial charge is 0.729 e. The standard InChI is InChI=1S/B26/c1-15(2)22(16(3)4)25(21(13)14)26(23(17(5)6)18(7)8)24(19(9)10)20(11)12/q-2. The summed E-state index contributed by atoms with van der Waals surface area (Å²) in [6.45, 7) is 0. The third kappa shape index (κ3) is 7.50. The van der Waals surface area contributed by atoms with E-state index in [9.17, 15) is 0 Å². The maximum absolute atomic E-state index is 6.02. The van der Waals surface area contributed by atoms with E-state index in [0.717, 1.165) is 0 Å². The molecule has 26 heteroatoms. The van der Waals surface area contributed by atoms with Gasteiger partial charge in [0.1, 0.15) is 0 Å². The Morgan fingerprint density at radius 1 is 0.308 bits per heavy atom. The number of rotatable bonds is 11. The molecule has 26 heavy (non-hydrogen) atoms. The Balaban J connectivity index is 6.53. The van der Waals surface area contributed by atoms with E-state index in [4.69, 9.17) is 108 Å². The first-order valence-electron chi connectivity index (χ1n) is 8.33. The molecule has 0 aliphatic carbocycles. The summed E-state index contributed by atoms with van der Waals surface area (Å²) < 4.78 is 0. The molecule has 0 nitrogen and oxygen atoms in total. The van der Waals surface area contributed by atoms with Gasteiger partial charge in [0.15, 0.2) is 0 Å². The monoisotopic (exact) mass is 286 g/mol. The fraction of sp³-hybridized carbons (Fsp3) is 0. The Morgan fingerprint density at radius 3 is 0.692 bits per heavy atom. The lowest BCUT2D eigenvalue weighted by Gasteiger charge is -2.55. The first-order chi connectivity index (χ1) is 11.7. The first-order valence-corrected chi connectivity index (χ1v) is 8.33. The molecule has 0 saturated carbocycles. The van der Waals surface area contributed by atoms with E-state index in [2.05, 4.69) is 0 Å². The molecule has 0 saturated heterocycles. The summed E-state index contributed by atoms with van der Waals surface area (Å²) in [6, 6.07) is 0. The summed E-state index contributed by atoms with van der Waals surface area (Å²) in [7, 11) is 82.9. The van der Waals surface area contributed by atoms with E-state index in [1.165, 1.54) is 0 Å². The van der Waals surface area contributed by atoms with Crippen LogP contribution in [0.2, 0.25) is 0 Å². The Morgan fingerprint density at radius 2 is 0.538 bits per heavy atom. The molecule has 0 heterocycles. The summed E-state index contributed by atoms with van der Waals surface area (Å²) in [5.41, 5.74) is 0. The minimum Gasteiger partial charge on any atom is -0.729 e. The van der Waals surface area contributed by atoms with Gasteiger partial charge in [-0.2, -0.15) is 0 Å². The molecule has 0 bridgehead atoms. The van der Waals surface area contributed by atoms with Crippen LogP contribution in [0.25, 0.3) is 0 Å². The van der Waals surface area contributed by atoms with Crippen LogP contribution < -0.4 is 0 Å². The van der Waals surface area contributed by atoms with Gasteiger partial charge < -0.3 is 21.9 Å². The van der Waals surface area contributed by atoms with E-state index in [-0.39, 0.29) is 0 Å². The molecule has 0 rings (SSSR count). The fourth-order valence-corrected chi connectivity index (χ4v) is 3.85. The SMILES string of the molecule is [B]B([B])B(B([B])[B])B(B(B([B])[B])B([B])[B])B(B([B])[B])B(B([B])[B])B([B-])[B-]. The Labute approximate surface area is 184 Å². The van der Waals surface area contributed by atoms with Gasteiger partial charge in [0.25, 0.3) is 0 Å². The van der Waals surface area contributed by atoms with Crippen molar-refractivity contribution in [3.05, 3.63) is 0 Å². The molecule has 0 atom stereocenters. The number of hydrogen-bond donors (Lipinski definition) is 0. The van der Waals surface area contributed by atoms with Gasteiger partial charge in [-0.3, -0.25) is 0 Å². The van der Waals surface area contributed by atoms with Crippen LogP contribution in [0.3, 0.4) is 0 Å². The molecule has 0 aromatic rings. The Kier molecular flexibility index (Phi) is 13.2. The van der Waals surface area contributed by atoms with E-state index in [1.54, 1.807) is 0 Å². The van der Waals surface area contributed by atoms with Gasteiger partial charge in [0, 0.05) is 0 Å². The molecule has 0 unspecified atom stereocenters. The van der Waals surface area contributed by atoms with E-state index >= 15 is 0 Å². The quantitative estimate of drug-likeness (QED) is 0.330. The highest BCUT2D eigenvalue weighted by atomic mass is 13.3. The van der Waals surface area contributed by atoms with Gasteiger partial charge >= 0.3 is 0 Å². The van der Waals surface area contributed by atoms with Crippen LogP contribution in [0.4, 0.5) is 0 Å². The van der Waals surface area contributed by atoms with Crippen molar-refractivity contribution < 1.29 is 0 Å². The van der Waals surface area contributed by atoms with Gasteiger partial charge in [-0.05, 0) is 157 Å². The molecule has 0 spiro atoms. The zero-order valence-electron chi connectivity index (χ0n) is 15.0. The van der Waals surface area contributed by atoms with Crippen molar-refractivity contribution in [2.45, 2.75) is 0 Å². The average Bonchev–Trinajstić information content (AvgIpc) is 2.40. The van der Waals surface area contributed by atoms with Crippen molar-refractivity contribution in [2.24, 2.45) is 0 Å². The van der Waals surface area contributed by atoms with E-state index in [0.29, 0.717) is 0 Å². The van der Waals surface area contributed by atoms with E-state index in [1.807, 2.05) is 0 Å². The summed E-state index contributed by atoms with van der Waals surface area (Å²) in [6.07, 6.45) is -10.9. The molecule has 80 valence electrons.